The molecule has 0 bridgehead atoms. The summed E-state index contributed by atoms with van der Waals surface area (Å²) < 4.78 is 28.5. The first kappa shape index (κ1) is 29.8. The van der Waals surface area contributed by atoms with Crippen LogP contribution in [0.1, 0.15) is 70.1 Å². The number of benzene rings is 2. The van der Waals surface area contributed by atoms with Gasteiger partial charge in [-0.2, -0.15) is 0 Å². The largest absolute Gasteiger partial charge is 0.490 e. The second-order valence-corrected chi connectivity index (χ2v) is 13.1. The maximum Gasteiger partial charge on any atom is 0.254 e. The molecule has 1 N–H and O–H groups in total. The molecule has 0 atom stereocenters. The van der Waals surface area contributed by atoms with Crippen molar-refractivity contribution in [3.63, 3.8) is 0 Å². The zero-order chi connectivity index (χ0) is 30.6. The number of carbonyl (C=O) groups is 1. The van der Waals surface area contributed by atoms with E-state index in [1.807, 2.05) is 24.8 Å². The average molecular weight is 577 g/mol. The molecule has 8 heteroatoms. The first-order valence-corrected chi connectivity index (χ1v) is 14.6. The van der Waals surface area contributed by atoms with Gasteiger partial charge in [0.1, 0.15) is 23.1 Å². The third-order valence-electron chi connectivity index (χ3n) is 8.59. The number of β-lactam (4-membered cyclic amide) rings is 1. The van der Waals surface area contributed by atoms with E-state index < -0.39 is 5.60 Å². The highest BCUT2D eigenvalue weighted by Gasteiger charge is 2.47. The van der Waals surface area contributed by atoms with Crippen molar-refractivity contribution in [3.05, 3.63) is 75.5 Å². The molecule has 3 aromatic rings. The van der Waals surface area contributed by atoms with Crippen LogP contribution in [0.15, 0.2) is 47.4 Å². The number of ether oxygens (including phenoxy) is 2. The van der Waals surface area contributed by atoms with Gasteiger partial charge < -0.3 is 24.0 Å². The van der Waals surface area contributed by atoms with Crippen LogP contribution in [0.4, 0.5) is 4.39 Å². The molecule has 1 aliphatic carbocycles. The molecule has 2 heterocycles. The number of rotatable bonds is 7. The van der Waals surface area contributed by atoms with E-state index in [1.165, 1.54) is 22.8 Å². The molecular formula is C34H41FN2O5. The number of hydrogen-bond donors (Lipinski definition) is 1. The van der Waals surface area contributed by atoms with Crippen LogP contribution in [0.5, 0.6) is 17.2 Å². The van der Waals surface area contributed by atoms with Crippen molar-refractivity contribution in [2.75, 3.05) is 6.54 Å². The van der Waals surface area contributed by atoms with Crippen molar-refractivity contribution in [2.45, 2.75) is 85.0 Å². The van der Waals surface area contributed by atoms with Crippen LogP contribution >= 0.6 is 0 Å². The molecule has 1 aromatic heterocycles. The predicted molar refractivity (Wildman–Crippen MR) is 160 cm³/mol. The summed E-state index contributed by atoms with van der Waals surface area (Å²) in [7, 11) is 1.68. The third-order valence-corrected chi connectivity index (χ3v) is 8.59. The Morgan fingerprint density at radius 1 is 0.952 bits per heavy atom. The Kier molecular flexibility index (Phi) is 7.73. The standard InChI is InChI=1S/C34H41FN2O5/c1-20-14-23(35)15-21(2)31(20)42-28-13-8-22(34(5,6)40)16-26(28)27-18-36(7)30(38)17-29(27)41-25-11-9-24(10-12-25)37-19-33(3,4)32(37)39/h8,13-18,24-25,40H,9-12,19H2,1-7H3. The Bertz CT molecular complexity index is 1550. The summed E-state index contributed by atoms with van der Waals surface area (Å²) in [6.45, 7) is 11.8. The topological polar surface area (TPSA) is 81.0 Å². The average Bonchev–Trinajstić information content (AvgIpc) is 2.91. The molecule has 5 rings (SSSR count). The number of hydrogen-bond acceptors (Lipinski definition) is 5. The Morgan fingerprint density at radius 2 is 1.60 bits per heavy atom. The molecule has 7 nitrogen and oxygen atoms in total. The molecule has 0 spiro atoms. The highest BCUT2D eigenvalue weighted by molar-refractivity contribution is 5.88. The van der Waals surface area contributed by atoms with Crippen LogP contribution in [-0.4, -0.2) is 39.2 Å². The molecule has 2 aliphatic rings. The minimum Gasteiger partial charge on any atom is -0.490 e. The van der Waals surface area contributed by atoms with Gasteiger partial charge in [-0.1, -0.05) is 6.07 Å². The Labute approximate surface area is 246 Å². The normalized spacial score (nSPS) is 20.3. The number of aromatic nitrogens is 1. The molecule has 0 radical (unpaired) electrons. The van der Waals surface area contributed by atoms with Gasteiger partial charge in [0.05, 0.1) is 17.1 Å². The number of aliphatic hydroxyl groups is 1. The van der Waals surface area contributed by atoms with E-state index in [-0.39, 0.29) is 34.8 Å². The number of pyridine rings is 1. The van der Waals surface area contributed by atoms with Crippen molar-refractivity contribution in [3.8, 4) is 28.4 Å². The molecule has 0 unspecified atom stereocenters. The third kappa shape index (κ3) is 5.82. The lowest BCUT2D eigenvalue weighted by molar-refractivity contribution is -0.162. The fourth-order valence-electron chi connectivity index (χ4n) is 6.10. The fraction of sp³-hybridized carbons (Fsp3) is 0.471. The van der Waals surface area contributed by atoms with Crippen LogP contribution in [-0.2, 0) is 17.4 Å². The van der Waals surface area contributed by atoms with Gasteiger partial charge in [-0.15, -0.1) is 0 Å². The number of aryl methyl sites for hydroxylation is 3. The summed E-state index contributed by atoms with van der Waals surface area (Å²) in [5.74, 6) is 1.36. The second kappa shape index (κ2) is 10.9. The van der Waals surface area contributed by atoms with E-state index in [0.29, 0.717) is 45.1 Å². The lowest BCUT2D eigenvalue weighted by Crippen LogP contribution is -2.62. The van der Waals surface area contributed by atoms with Gasteiger partial charge in [-0.05, 0) is 108 Å². The molecule has 1 saturated carbocycles. The molecule has 1 saturated heterocycles. The molecular weight excluding hydrogens is 535 g/mol. The summed E-state index contributed by atoms with van der Waals surface area (Å²) in [6.07, 6.45) is 4.84. The summed E-state index contributed by atoms with van der Waals surface area (Å²) in [5.41, 5.74) is 1.67. The van der Waals surface area contributed by atoms with Crippen LogP contribution in [0.25, 0.3) is 11.1 Å². The van der Waals surface area contributed by atoms with Crippen molar-refractivity contribution in [1.82, 2.24) is 9.47 Å². The molecule has 1 aliphatic heterocycles. The minimum atomic E-state index is -1.13. The fourth-order valence-corrected chi connectivity index (χ4v) is 6.10. The number of amides is 1. The van der Waals surface area contributed by atoms with Crippen molar-refractivity contribution in [1.29, 1.82) is 0 Å². The first-order chi connectivity index (χ1) is 19.6. The van der Waals surface area contributed by atoms with Crippen LogP contribution in [0.2, 0.25) is 0 Å². The van der Waals surface area contributed by atoms with Crippen LogP contribution < -0.4 is 15.0 Å². The monoisotopic (exact) mass is 576 g/mol. The summed E-state index contributed by atoms with van der Waals surface area (Å²) in [5, 5.41) is 10.8. The summed E-state index contributed by atoms with van der Waals surface area (Å²) >= 11 is 0. The Morgan fingerprint density at radius 3 is 2.17 bits per heavy atom. The molecule has 2 fully saturated rings. The van der Waals surface area contributed by atoms with Gasteiger partial charge in [0.2, 0.25) is 5.91 Å². The second-order valence-electron chi connectivity index (χ2n) is 13.1. The van der Waals surface area contributed by atoms with Crippen molar-refractivity contribution >= 4 is 5.91 Å². The number of carbonyl (C=O) groups excluding carboxylic acids is 1. The maximum atomic E-state index is 14.0. The molecule has 1 amide bonds. The van der Waals surface area contributed by atoms with E-state index in [4.69, 9.17) is 9.47 Å². The predicted octanol–water partition coefficient (Wildman–Crippen LogP) is 6.39. The van der Waals surface area contributed by atoms with E-state index in [9.17, 15) is 19.1 Å². The molecule has 224 valence electrons. The van der Waals surface area contributed by atoms with Crippen molar-refractivity contribution in [2.24, 2.45) is 12.5 Å². The summed E-state index contributed by atoms with van der Waals surface area (Å²) in [4.78, 5) is 27.4. The smallest absolute Gasteiger partial charge is 0.254 e. The van der Waals surface area contributed by atoms with Crippen LogP contribution in [0, 0.1) is 25.1 Å². The lowest BCUT2D eigenvalue weighted by Gasteiger charge is -2.50. The van der Waals surface area contributed by atoms with E-state index in [2.05, 4.69) is 0 Å². The lowest BCUT2D eigenvalue weighted by atomic mass is 9.79. The molecule has 2 aromatic carbocycles. The van der Waals surface area contributed by atoms with Gasteiger partial charge in [0.25, 0.3) is 5.56 Å². The number of halogens is 1. The van der Waals surface area contributed by atoms with E-state index in [1.54, 1.807) is 53.1 Å². The van der Waals surface area contributed by atoms with E-state index in [0.717, 1.165) is 32.2 Å². The number of likely N-dealkylation sites (tertiary alicyclic amines) is 1. The SMILES string of the molecule is Cc1cc(F)cc(C)c1Oc1ccc(C(C)(C)O)cc1-c1cn(C)c(=O)cc1OC1CCC(N2CC(C)(C)C2=O)CC1. The minimum absolute atomic E-state index is 0.111. The van der Waals surface area contributed by atoms with Gasteiger partial charge >= 0.3 is 0 Å². The summed E-state index contributed by atoms with van der Waals surface area (Å²) in [6, 6.07) is 10.0. The van der Waals surface area contributed by atoms with Gasteiger partial charge in [0, 0.05) is 43.0 Å². The number of nitrogens with zero attached hydrogens (tertiary/aromatic N) is 2. The quantitative estimate of drug-likeness (QED) is 0.330. The van der Waals surface area contributed by atoms with Gasteiger partial charge in [0.15, 0.2) is 0 Å². The highest BCUT2D eigenvalue weighted by atomic mass is 19.1. The van der Waals surface area contributed by atoms with E-state index >= 15 is 0 Å². The van der Waals surface area contributed by atoms with Crippen LogP contribution in [0.3, 0.4) is 0 Å². The highest BCUT2D eigenvalue weighted by Crippen LogP contribution is 2.43. The maximum absolute atomic E-state index is 14.0. The molecule has 42 heavy (non-hydrogen) atoms. The van der Waals surface area contributed by atoms with Gasteiger partial charge in [-0.25, -0.2) is 4.39 Å². The zero-order valence-electron chi connectivity index (χ0n) is 25.6. The zero-order valence-corrected chi connectivity index (χ0v) is 25.6. The Balaban J connectivity index is 1.49. The van der Waals surface area contributed by atoms with Gasteiger partial charge in [-0.3, -0.25) is 9.59 Å². The Hall–Kier alpha value is -3.65. The van der Waals surface area contributed by atoms with Crippen molar-refractivity contribution < 1.29 is 23.8 Å². The first-order valence-electron chi connectivity index (χ1n) is 14.6.